The first-order valence-corrected chi connectivity index (χ1v) is 10.0. The van der Waals surface area contributed by atoms with Gasteiger partial charge in [-0.3, -0.25) is 14.5 Å². The maximum absolute atomic E-state index is 12.7. The standard InChI is InChI=1S/C20H20ClN3O3S/c1-3-24-18(25)12-17(19(26)22-14-6-4-13(21)5-7-14)28-20(24)23-15-8-10-16(27-2)11-9-15/h4-11,17H,3,12H2,1-2H3,(H,22,26)/t17-/m1/s1. The fourth-order valence-electron chi connectivity index (χ4n) is 2.68. The molecular weight excluding hydrogens is 398 g/mol. The van der Waals surface area contributed by atoms with Crippen LogP contribution in [0.25, 0.3) is 0 Å². The average molecular weight is 418 g/mol. The number of methoxy groups -OCH3 is 1. The Morgan fingerprint density at radius 1 is 1.25 bits per heavy atom. The van der Waals surface area contributed by atoms with Gasteiger partial charge in [-0.25, -0.2) is 4.99 Å². The lowest BCUT2D eigenvalue weighted by Gasteiger charge is -2.30. The molecule has 1 aliphatic rings. The summed E-state index contributed by atoms with van der Waals surface area (Å²) in [4.78, 5) is 31.4. The Kier molecular flexibility index (Phi) is 6.59. The van der Waals surface area contributed by atoms with E-state index in [2.05, 4.69) is 10.3 Å². The van der Waals surface area contributed by atoms with Crippen LogP contribution >= 0.6 is 23.4 Å². The van der Waals surface area contributed by atoms with Crippen LogP contribution < -0.4 is 10.1 Å². The van der Waals surface area contributed by atoms with E-state index in [1.165, 1.54) is 11.8 Å². The van der Waals surface area contributed by atoms with E-state index in [0.717, 1.165) is 5.75 Å². The lowest BCUT2D eigenvalue weighted by atomic mass is 10.2. The topological polar surface area (TPSA) is 71.0 Å². The highest BCUT2D eigenvalue weighted by atomic mass is 35.5. The van der Waals surface area contributed by atoms with Gasteiger partial charge in [-0.05, 0) is 55.5 Å². The first-order chi connectivity index (χ1) is 13.5. The highest BCUT2D eigenvalue weighted by Gasteiger charge is 2.35. The summed E-state index contributed by atoms with van der Waals surface area (Å²) in [5.74, 6) is 0.368. The van der Waals surface area contributed by atoms with Crippen molar-refractivity contribution in [2.75, 3.05) is 19.0 Å². The zero-order valence-electron chi connectivity index (χ0n) is 15.5. The minimum Gasteiger partial charge on any atom is -0.497 e. The molecule has 2 aromatic rings. The largest absolute Gasteiger partial charge is 0.497 e. The summed E-state index contributed by atoms with van der Waals surface area (Å²) in [6, 6.07) is 14.1. The van der Waals surface area contributed by atoms with Crippen LogP contribution in [0.15, 0.2) is 53.5 Å². The predicted molar refractivity (Wildman–Crippen MR) is 114 cm³/mol. The maximum atomic E-state index is 12.7. The highest BCUT2D eigenvalue weighted by Crippen LogP contribution is 2.30. The molecule has 1 saturated heterocycles. The van der Waals surface area contributed by atoms with Crippen LogP contribution in [-0.2, 0) is 9.59 Å². The van der Waals surface area contributed by atoms with Crippen molar-refractivity contribution in [1.29, 1.82) is 0 Å². The van der Waals surface area contributed by atoms with E-state index in [9.17, 15) is 9.59 Å². The molecule has 1 fully saturated rings. The molecule has 1 aliphatic heterocycles. The number of halogens is 1. The van der Waals surface area contributed by atoms with Gasteiger partial charge in [-0.2, -0.15) is 0 Å². The summed E-state index contributed by atoms with van der Waals surface area (Å²) >= 11 is 7.16. The van der Waals surface area contributed by atoms with Gasteiger partial charge in [0.2, 0.25) is 11.8 Å². The van der Waals surface area contributed by atoms with Gasteiger partial charge in [0.25, 0.3) is 0 Å². The Morgan fingerprint density at radius 2 is 1.93 bits per heavy atom. The number of anilines is 1. The molecule has 3 rings (SSSR count). The number of hydrogen-bond acceptors (Lipinski definition) is 5. The van der Waals surface area contributed by atoms with Crippen LogP contribution in [0.4, 0.5) is 11.4 Å². The van der Waals surface area contributed by atoms with E-state index in [-0.39, 0.29) is 18.2 Å². The van der Waals surface area contributed by atoms with Gasteiger partial charge in [-0.1, -0.05) is 23.4 Å². The van der Waals surface area contributed by atoms with Crippen molar-refractivity contribution in [3.05, 3.63) is 53.6 Å². The number of carbonyl (C=O) groups is 2. The predicted octanol–water partition coefficient (Wildman–Crippen LogP) is 4.33. The van der Waals surface area contributed by atoms with Crippen molar-refractivity contribution in [2.45, 2.75) is 18.6 Å². The zero-order chi connectivity index (χ0) is 20.1. The van der Waals surface area contributed by atoms with Gasteiger partial charge in [0, 0.05) is 23.7 Å². The van der Waals surface area contributed by atoms with Gasteiger partial charge in [0.1, 0.15) is 11.0 Å². The van der Waals surface area contributed by atoms with E-state index in [1.807, 2.05) is 19.1 Å². The van der Waals surface area contributed by atoms with E-state index >= 15 is 0 Å². The Balaban J connectivity index is 1.78. The van der Waals surface area contributed by atoms with Gasteiger partial charge in [0.05, 0.1) is 12.8 Å². The lowest BCUT2D eigenvalue weighted by molar-refractivity contribution is -0.129. The third kappa shape index (κ3) is 4.85. The summed E-state index contributed by atoms with van der Waals surface area (Å²) in [5, 5.41) is 3.38. The summed E-state index contributed by atoms with van der Waals surface area (Å²) in [5.41, 5.74) is 1.32. The molecular formula is C20H20ClN3O3S. The second kappa shape index (κ2) is 9.12. The number of aliphatic imine (C=N–C) groups is 1. The second-order valence-electron chi connectivity index (χ2n) is 6.04. The summed E-state index contributed by atoms with van der Waals surface area (Å²) in [6.45, 7) is 2.38. The maximum Gasteiger partial charge on any atom is 0.238 e. The number of amides is 2. The van der Waals surface area contributed by atoms with Gasteiger partial charge in [0.15, 0.2) is 5.17 Å². The van der Waals surface area contributed by atoms with Gasteiger partial charge in [-0.15, -0.1) is 0 Å². The third-order valence-electron chi connectivity index (χ3n) is 4.16. The second-order valence-corrected chi connectivity index (χ2v) is 7.64. The number of ether oxygens (including phenoxy) is 1. The Morgan fingerprint density at radius 3 is 2.54 bits per heavy atom. The quantitative estimate of drug-likeness (QED) is 0.786. The average Bonchev–Trinajstić information content (AvgIpc) is 2.70. The van der Waals surface area contributed by atoms with E-state index in [1.54, 1.807) is 48.4 Å². The Bertz CT molecular complexity index is 885. The molecule has 0 saturated carbocycles. The van der Waals surface area contributed by atoms with Crippen LogP contribution in [0.5, 0.6) is 5.75 Å². The van der Waals surface area contributed by atoms with Crippen molar-refractivity contribution in [2.24, 2.45) is 4.99 Å². The van der Waals surface area contributed by atoms with Crippen molar-refractivity contribution in [3.8, 4) is 5.75 Å². The number of nitrogens with one attached hydrogen (secondary N) is 1. The summed E-state index contributed by atoms with van der Waals surface area (Å²) < 4.78 is 5.15. The highest BCUT2D eigenvalue weighted by molar-refractivity contribution is 8.15. The van der Waals surface area contributed by atoms with Crippen molar-refractivity contribution in [1.82, 2.24) is 4.90 Å². The molecule has 1 N–H and O–H groups in total. The van der Waals surface area contributed by atoms with Crippen LogP contribution in [-0.4, -0.2) is 40.8 Å². The minimum absolute atomic E-state index is 0.121. The van der Waals surface area contributed by atoms with Crippen LogP contribution in [0.1, 0.15) is 13.3 Å². The first kappa shape index (κ1) is 20.2. The lowest BCUT2D eigenvalue weighted by Crippen LogP contribution is -2.45. The van der Waals surface area contributed by atoms with Crippen LogP contribution in [0.3, 0.4) is 0 Å². The molecule has 0 bridgehead atoms. The van der Waals surface area contributed by atoms with Crippen molar-refractivity contribution >= 4 is 51.7 Å². The van der Waals surface area contributed by atoms with Gasteiger partial charge >= 0.3 is 0 Å². The molecule has 1 heterocycles. The summed E-state index contributed by atoms with van der Waals surface area (Å²) in [7, 11) is 1.60. The number of carbonyl (C=O) groups excluding carboxylic acids is 2. The smallest absolute Gasteiger partial charge is 0.238 e. The molecule has 0 spiro atoms. The van der Waals surface area contributed by atoms with E-state index in [0.29, 0.717) is 28.1 Å². The molecule has 0 aromatic heterocycles. The number of rotatable bonds is 5. The Labute approximate surface area is 172 Å². The normalized spacial score (nSPS) is 18.2. The molecule has 28 heavy (non-hydrogen) atoms. The third-order valence-corrected chi connectivity index (χ3v) is 5.60. The molecule has 0 aliphatic carbocycles. The SMILES string of the molecule is CCN1C(=O)C[C@H](C(=O)Nc2ccc(Cl)cc2)SC1=Nc1ccc(OC)cc1. The number of hydrogen-bond donors (Lipinski definition) is 1. The fraction of sp³-hybridized carbons (Fsp3) is 0.250. The molecule has 1 atom stereocenters. The molecule has 2 amide bonds. The molecule has 0 radical (unpaired) electrons. The molecule has 8 heteroatoms. The number of benzene rings is 2. The van der Waals surface area contributed by atoms with E-state index < -0.39 is 5.25 Å². The zero-order valence-corrected chi connectivity index (χ0v) is 17.1. The summed E-state index contributed by atoms with van der Waals surface area (Å²) in [6.07, 6.45) is 0.125. The van der Waals surface area contributed by atoms with Gasteiger partial charge < -0.3 is 10.1 Å². The minimum atomic E-state index is -0.553. The number of amidine groups is 1. The molecule has 146 valence electrons. The molecule has 2 aromatic carbocycles. The fourth-order valence-corrected chi connectivity index (χ4v) is 3.96. The monoisotopic (exact) mass is 417 g/mol. The number of thioether (sulfide) groups is 1. The molecule has 6 nitrogen and oxygen atoms in total. The van der Waals surface area contributed by atoms with Crippen molar-refractivity contribution < 1.29 is 14.3 Å². The van der Waals surface area contributed by atoms with E-state index in [4.69, 9.17) is 16.3 Å². The van der Waals surface area contributed by atoms with Crippen molar-refractivity contribution in [3.63, 3.8) is 0 Å². The van der Waals surface area contributed by atoms with Crippen LogP contribution in [0.2, 0.25) is 5.02 Å². The first-order valence-electron chi connectivity index (χ1n) is 8.76. The number of nitrogens with zero attached hydrogens (tertiary/aromatic N) is 2. The van der Waals surface area contributed by atoms with Crippen LogP contribution in [0, 0.1) is 0 Å². The Hall–Kier alpha value is -2.51. The molecule has 0 unspecified atom stereocenters.